The molecule has 4 heteroatoms. The van der Waals surface area contributed by atoms with Gasteiger partial charge in [0.1, 0.15) is 5.75 Å². The van der Waals surface area contributed by atoms with E-state index in [1.165, 1.54) is 12.1 Å². The third-order valence-corrected chi connectivity index (χ3v) is 2.40. The van der Waals surface area contributed by atoms with E-state index in [0.29, 0.717) is 5.69 Å². The van der Waals surface area contributed by atoms with Gasteiger partial charge in [-0.05, 0) is 48.9 Å². The minimum absolute atomic E-state index is 0.166. The Hall–Kier alpha value is -2.49. The SMILES string of the molecule is Cc1cccc(NC(=O)Nc2ccc(O)cc2)c1. The van der Waals surface area contributed by atoms with E-state index < -0.39 is 0 Å². The lowest BCUT2D eigenvalue weighted by atomic mass is 10.2. The molecule has 0 saturated carbocycles. The van der Waals surface area contributed by atoms with Gasteiger partial charge < -0.3 is 15.7 Å². The van der Waals surface area contributed by atoms with Crippen molar-refractivity contribution >= 4 is 17.4 Å². The number of amides is 2. The minimum atomic E-state index is -0.314. The van der Waals surface area contributed by atoms with E-state index in [1.807, 2.05) is 31.2 Å². The summed E-state index contributed by atoms with van der Waals surface area (Å²) < 4.78 is 0. The van der Waals surface area contributed by atoms with Crippen molar-refractivity contribution < 1.29 is 9.90 Å². The normalized spacial score (nSPS) is 9.83. The van der Waals surface area contributed by atoms with Crippen molar-refractivity contribution in [3.63, 3.8) is 0 Å². The molecule has 0 bridgehead atoms. The molecule has 0 spiro atoms. The summed E-state index contributed by atoms with van der Waals surface area (Å²) in [6.45, 7) is 1.96. The van der Waals surface area contributed by atoms with Gasteiger partial charge in [0, 0.05) is 11.4 Å². The number of phenols is 1. The summed E-state index contributed by atoms with van der Waals surface area (Å²) in [5.74, 6) is 0.166. The van der Waals surface area contributed by atoms with Crippen LogP contribution in [0.3, 0.4) is 0 Å². The molecular weight excluding hydrogens is 228 g/mol. The van der Waals surface area contributed by atoms with Crippen LogP contribution >= 0.6 is 0 Å². The fourth-order valence-electron chi connectivity index (χ4n) is 1.56. The molecule has 0 aliphatic rings. The van der Waals surface area contributed by atoms with Gasteiger partial charge in [-0.2, -0.15) is 0 Å². The molecule has 0 fully saturated rings. The smallest absolute Gasteiger partial charge is 0.323 e. The summed E-state index contributed by atoms with van der Waals surface area (Å²) in [6.07, 6.45) is 0. The second-order valence-electron chi connectivity index (χ2n) is 4.00. The Kier molecular flexibility index (Phi) is 3.48. The number of carbonyl (C=O) groups is 1. The zero-order valence-electron chi connectivity index (χ0n) is 9.97. The summed E-state index contributed by atoms with van der Waals surface area (Å²) in [5.41, 5.74) is 2.45. The Labute approximate surface area is 105 Å². The molecule has 0 aliphatic carbocycles. The summed E-state index contributed by atoms with van der Waals surface area (Å²) in [4.78, 5) is 11.7. The quantitative estimate of drug-likeness (QED) is 0.707. The molecule has 0 saturated heterocycles. The molecular formula is C14H14N2O2. The Morgan fingerprint density at radius 2 is 1.67 bits per heavy atom. The highest BCUT2D eigenvalue weighted by atomic mass is 16.3. The number of hydrogen-bond acceptors (Lipinski definition) is 2. The Balaban J connectivity index is 1.98. The van der Waals surface area contributed by atoms with Gasteiger partial charge in [-0.15, -0.1) is 0 Å². The van der Waals surface area contributed by atoms with E-state index in [9.17, 15) is 4.79 Å². The van der Waals surface area contributed by atoms with E-state index in [2.05, 4.69) is 10.6 Å². The van der Waals surface area contributed by atoms with Crippen LogP contribution in [0.5, 0.6) is 5.75 Å². The fourth-order valence-corrected chi connectivity index (χ4v) is 1.56. The number of benzene rings is 2. The maximum atomic E-state index is 11.7. The van der Waals surface area contributed by atoms with Crippen LogP contribution in [-0.4, -0.2) is 11.1 Å². The minimum Gasteiger partial charge on any atom is -0.508 e. The number of aromatic hydroxyl groups is 1. The van der Waals surface area contributed by atoms with Gasteiger partial charge >= 0.3 is 6.03 Å². The van der Waals surface area contributed by atoms with Gasteiger partial charge in [0.2, 0.25) is 0 Å². The molecule has 0 unspecified atom stereocenters. The van der Waals surface area contributed by atoms with Crippen molar-refractivity contribution in [3.05, 3.63) is 54.1 Å². The molecule has 2 amide bonds. The third kappa shape index (κ3) is 3.25. The summed E-state index contributed by atoms with van der Waals surface area (Å²) >= 11 is 0. The number of hydrogen-bond donors (Lipinski definition) is 3. The molecule has 18 heavy (non-hydrogen) atoms. The highest BCUT2D eigenvalue weighted by Crippen LogP contribution is 2.14. The summed E-state index contributed by atoms with van der Waals surface area (Å²) in [7, 11) is 0. The van der Waals surface area contributed by atoms with Gasteiger partial charge in [-0.1, -0.05) is 12.1 Å². The maximum absolute atomic E-state index is 11.7. The van der Waals surface area contributed by atoms with Crippen LogP contribution in [0.25, 0.3) is 0 Å². The number of rotatable bonds is 2. The number of anilines is 2. The van der Waals surface area contributed by atoms with Gasteiger partial charge in [-0.3, -0.25) is 0 Å². The molecule has 4 nitrogen and oxygen atoms in total. The molecule has 0 atom stereocenters. The third-order valence-electron chi connectivity index (χ3n) is 2.40. The van der Waals surface area contributed by atoms with Crippen LogP contribution in [0.15, 0.2) is 48.5 Å². The van der Waals surface area contributed by atoms with Crippen LogP contribution in [0.2, 0.25) is 0 Å². The molecule has 0 heterocycles. The van der Waals surface area contributed by atoms with Crippen molar-refractivity contribution in [1.29, 1.82) is 0 Å². The predicted molar refractivity (Wildman–Crippen MR) is 71.9 cm³/mol. The van der Waals surface area contributed by atoms with Crippen LogP contribution < -0.4 is 10.6 Å². The predicted octanol–water partition coefficient (Wildman–Crippen LogP) is 3.34. The average molecular weight is 242 g/mol. The zero-order valence-corrected chi connectivity index (χ0v) is 9.97. The maximum Gasteiger partial charge on any atom is 0.323 e. The number of urea groups is 1. The molecule has 2 aromatic rings. The van der Waals surface area contributed by atoms with Crippen molar-refractivity contribution in [2.45, 2.75) is 6.92 Å². The standard InChI is InChI=1S/C14H14N2O2/c1-10-3-2-4-12(9-10)16-14(18)15-11-5-7-13(17)8-6-11/h2-9,17H,1H3,(H2,15,16,18). The van der Waals surface area contributed by atoms with Crippen molar-refractivity contribution in [2.24, 2.45) is 0 Å². The largest absolute Gasteiger partial charge is 0.508 e. The van der Waals surface area contributed by atoms with Crippen molar-refractivity contribution in [1.82, 2.24) is 0 Å². The van der Waals surface area contributed by atoms with Gasteiger partial charge in [0.15, 0.2) is 0 Å². The van der Waals surface area contributed by atoms with Crippen LogP contribution in [0.4, 0.5) is 16.2 Å². The molecule has 0 radical (unpaired) electrons. The second-order valence-corrected chi connectivity index (χ2v) is 4.00. The first-order valence-corrected chi connectivity index (χ1v) is 5.57. The molecule has 0 aromatic heterocycles. The van der Waals surface area contributed by atoms with Gasteiger partial charge in [-0.25, -0.2) is 4.79 Å². The van der Waals surface area contributed by atoms with Gasteiger partial charge in [0.05, 0.1) is 0 Å². The number of phenolic OH excluding ortho intramolecular Hbond substituents is 1. The van der Waals surface area contributed by atoms with Crippen LogP contribution in [0, 0.1) is 6.92 Å². The van der Waals surface area contributed by atoms with Crippen molar-refractivity contribution in [3.8, 4) is 5.75 Å². The zero-order chi connectivity index (χ0) is 13.0. The topological polar surface area (TPSA) is 61.4 Å². The second kappa shape index (κ2) is 5.23. The lowest BCUT2D eigenvalue weighted by Gasteiger charge is -2.08. The molecule has 0 aliphatic heterocycles. The summed E-state index contributed by atoms with van der Waals surface area (Å²) in [5, 5.41) is 14.5. The van der Waals surface area contributed by atoms with Crippen LogP contribution in [-0.2, 0) is 0 Å². The van der Waals surface area contributed by atoms with E-state index in [-0.39, 0.29) is 11.8 Å². The Morgan fingerprint density at radius 1 is 1.00 bits per heavy atom. The Bertz CT molecular complexity index is 550. The fraction of sp³-hybridized carbons (Fsp3) is 0.0714. The van der Waals surface area contributed by atoms with E-state index in [0.717, 1.165) is 11.3 Å². The lowest BCUT2D eigenvalue weighted by Crippen LogP contribution is -2.19. The first-order chi connectivity index (χ1) is 8.63. The monoisotopic (exact) mass is 242 g/mol. The van der Waals surface area contributed by atoms with Crippen molar-refractivity contribution in [2.75, 3.05) is 10.6 Å². The summed E-state index contributed by atoms with van der Waals surface area (Å²) in [6, 6.07) is 13.5. The lowest BCUT2D eigenvalue weighted by molar-refractivity contribution is 0.262. The molecule has 92 valence electrons. The molecule has 2 aromatic carbocycles. The highest BCUT2D eigenvalue weighted by Gasteiger charge is 2.02. The first-order valence-electron chi connectivity index (χ1n) is 5.57. The van der Waals surface area contributed by atoms with E-state index >= 15 is 0 Å². The van der Waals surface area contributed by atoms with E-state index in [4.69, 9.17) is 5.11 Å². The van der Waals surface area contributed by atoms with Gasteiger partial charge in [0.25, 0.3) is 0 Å². The highest BCUT2D eigenvalue weighted by molar-refractivity contribution is 5.99. The molecule has 2 rings (SSSR count). The van der Waals surface area contributed by atoms with Crippen LogP contribution in [0.1, 0.15) is 5.56 Å². The Morgan fingerprint density at radius 3 is 2.33 bits per heavy atom. The average Bonchev–Trinajstić information content (AvgIpc) is 2.32. The number of carbonyl (C=O) groups excluding carboxylic acids is 1. The number of aryl methyl sites for hydroxylation is 1. The number of nitrogens with one attached hydrogen (secondary N) is 2. The first kappa shape index (κ1) is 12.0. The molecule has 3 N–H and O–H groups in total. The van der Waals surface area contributed by atoms with E-state index in [1.54, 1.807) is 12.1 Å².